The van der Waals surface area contributed by atoms with Crippen molar-refractivity contribution in [3.05, 3.63) is 17.5 Å². The summed E-state index contributed by atoms with van der Waals surface area (Å²) in [4.78, 5) is 27.1. The molecule has 2 aliphatic rings. The number of amides is 1. The largest absolute Gasteiger partial charge is 0.466 e. The number of rotatable bonds is 4. The number of hydrogen-bond donors (Lipinski definition) is 0. The average molecular weight is 306 g/mol. The third-order valence-corrected chi connectivity index (χ3v) is 5.13. The van der Waals surface area contributed by atoms with Crippen molar-refractivity contribution in [3.8, 4) is 0 Å². The molecule has 0 N–H and O–H groups in total. The molecule has 2 bridgehead atoms. The van der Waals surface area contributed by atoms with E-state index >= 15 is 0 Å². The van der Waals surface area contributed by atoms with Crippen LogP contribution < -0.4 is 0 Å². The minimum absolute atomic E-state index is 0.0916. The van der Waals surface area contributed by atoms with Crippen molar-refractivity contribution in [1.29, 1.82) is 0 Å². The lowest BCUT2D eigenvalue weighted by Crippen LogP contribution is -2.45. The van der Waals surface area contributed by atoms with Gasteiger partial charge in [-0.25, -0.2) is 0 Å². The van der Waals surface area contributed by atoms with E-state index in [-0.39, 0.29) is 24.0 Å². The number of aromatic nitrogens is 1. The Balaban J connectivity index is 1.89. The molecular weight excluding hydrogens is 284 g/mol. The number of nitrogens with zero attached hydrogens (tertiary/aromatic N) is 2. The average Bonchev–Trinajstić information content (AvgIpc) is 3.19. The molecule has 2 fully saturated rings. The molecule has 2 saturated heterocycles. The van der Waals surface area contributed by atoms with Crippen molar-refractivity contribution in [3.63, 3.8) is 0 Å². The van der Waals surface area contributed by atoms with Crippen LogP contribution in [-0.4, -0.2) is 40.6 Å². The fourth-order valence-corrected chi connectivity index (χ4v) is 4.11. The normalized spacial score (nSPS) is 29.9. The number of carbonyl (C=O) groups is 2. The lowest BCUT2D eigenvalue weighted by Gasteiger charge is -2.33. The molecule has 0 spiro atoms. The van der Waals surface area contributed by atoms with Crippen LogP contribution in [0.15, 0.2) is 10.6 Å². The van der Waals surface area contributed by atoms with Gasteiger partial charge in [-0.3, -0.25) is 9.59 Å². The molecule has 0 saturated carbocycles. The van der Waals surface area contributed by atoms with E-state index in [1.54, 1.807) is 13.0 Å². The summed E-state index contributed by atoms with van der Waals surface area (Å²) in [5.74, 6) is 0.310. The minimum Gasteiger partial charge on any atom is -0.466 e. The predicted molar refractivity (Wildman–Crippen MR) is 78.2 cm³/mol. The molecule has 6 nitrogen and oxygen atoms in total. The molecular formula is C16H22N2O4. The molecule has 22 heavy (non-hydrogen) atoms. The van der Waals surface area contributed by atoms with Crippen molar-refractivity contribution in [1.82, 2.24) is 10.1 Å². The first-order valence-electron chi connectivity index (χ1n) is 7.96. The molecule has 1 aromatic rings. The maximum atomic E-state index is 12.8. The standard InChI is InChI=1S/C16H22N2O4/c1-4-16(15(20)21-5-2)9-11-6-7-13(16)18(11)14(19)12-8-10(3)22-17-12/h8,11,13H,4-7,9H2,1-3H3/t11-,13+,16+/m1/s1. The van der Waals surface area contributed by atoms with E-state index in [2.05, 4.69) is 5.16 Å². The summed E-state index contributed by atoms with van der Waals surface area (Å²) in [5, 5.41) is 3.83. The van der Waals surface area contributed by atoms with E-state index in [4.69, 9.17) is 9.26 Å². The lowest BCUT2D eigenvalue weighted by molar-refractivity contribution is -0.157. The highest BCUT2D eigenvalue weighted by Gasteiger charge is 2.61. The number of hydrogen-bond acceptors (Lipinski definition) is 5. The summed E-state index contributed by atoms with van der Waals surface area (Å²) in [6.07, 6.45) is 3.17. The van der Waals surface area contributed by atoms with E-state index in [0.717, 1.165) is 12.8 Å². The molecule has 0 aliphatic carbocycles. The molecule has 3 heterocycles. The van der Waals surface area contributed by atoms with Crippen molar-refractivity contribution in [2.24, 2.45) is 5.41 Å². The van der Waals surface area contributed by atoms with Crippen LogP contribution in [-0.2, 0) is 9.53 Å². The smallest absolute Gasteiger partial charge is 0.314 e. The van der Waals surface area contributed by atoms with Crippen LogP contribution in [0, 0.1) is 12.3 Å². The fraction of sp³-hybridized carbons (Fsp3) is 0.688. The number of esters is 1. The van der Waals surface area contributed by atoms with E-state index in [1.807, 2.05) is 18.7 Å². The Hall–Kier alpha value is -1.85. The van der Waals surface area contributed by atoms with E-state index in [0.29, 0.717) is 30.9 Å². The zero-order valence-corrected chi connectivity index (χ0v) is 13.3. The second kappa shape index (κ2) is 5.41. The van der Waals surface area contributed by atoms with Gasteiger partial charge < -0.3 is 14.2 Å². The molecule has 1 amide bonds. The van der Waals surface area contributed by atoms with Crippen LogP contribution in [0.2, 0.25) is 0 Å². The highest BCUT2D eigenvalue weighted by molar-refractivity contribution is 5.94. The van der Waals surface area contributed by atoms with E-state index in [1.165, 1.54) is 0 Å². The quantitative estimate of drug-likeness (QED) is 0.798. The molecule has 120 valence electrons. The highest BCUT2D eigenvalue weighted by atomic mass is 16.5. The zero-order chi connectivity index (χ0) is 15.9. The molecule has 6 heteroatoms. The maximum Gasteiger partial charge on any atom is 0.314 e. The van der Waals surface area contributed by atoms with Gasteiger partial charge in [0.05, 0.1) is 12.0 Å². The summed E-state index contributed by atoms with van der Waals surface area (Å²) >= 11 is 0. The number of aryl methyl sites for hydroxylation is 1. The molecule has 3 atom stereocenters. The van der Waals surface area contributed by atoms with Crippen molar-refractivity contribution in [2.75, 3.05) is 6.61 Å². The van der Waals surface area contributed by atoms with Crippen LogP contribution >= 0.6 is 0 Å². The first-order chi connectivity index (χ1) is 10.5. The maximum absolute atomic E-state index is 12.8. The van der Waals surface area contributed by atoms with E-state index in [9.17, 15) is 9.59 Å². The van der Waals surface area contributed by atoms with Crippen molar-refractivity contribution < 1.29 is 18.8 Å². The summed E-state index contributed by atoms with van der Waals surface area (Å²) < 4.78 is 10.3. The first-order valence-corrected chi connectivity index (χ1v) is 7.96. The zero-order valence-electron chi connectivity index (χ0n) is 13.3. The predicted octanol–water partition coefficient (Wildman–Crippen LogP) is 2.32. The van der Waals surface area contributed by atoms with Crippen LogP contribution in [0.1, 0.15) is 55.8 Å². The number of fused-ring (bicyclic) bond motifs is 2. The Morgan fingerprint density at radius 3 is 2.82 bits per heavy atom. The van der Waals surface area contributed by atoms with Gasteiger partial charge in [0.25, 0.3) is 5.91 Å². The monoisotopic (exact) mass is 306 g/mol. The minimum atomic E-state index is -0.562. The third-order valence-electron chi connectivity index (χ3n) is 5.13. The molecule has 2 aliphatic heterocycles. The summed E-state index contributed by atoms with van der Waals surface area (Å²) in [7, 11) is 0. The SMILES string of the molecule is CCOC(=O)[C@@]1(CC)C[C@H]2CC[C@@H]1N2C(=O)c1cc(C)on1. The lowest BCUT2D eigenvalue weighted by atomic mass is 9.72. The summed E-state index contributed by atoms with van der Waals surface area (Å²) in [6, 6.07) is 1.66. The van der Waals surface area contributed by atoms with Crippen LogP contribution in [0.25, 0.3) is 0 Å². The number of ether oxygens (including phenoxy) is 1. The molecule has 0 unspecified atom stereocenters. The molecule has 1 aromatic heterocycles. The van der Waals surface area contributed by atoms with Gasteiger partial charge in [-0.2, -0.15) is 0 Å². The highest BCUT2D eigenvalue weighted by Crippen LogP contribution is 2.52. The van der Waals surface area contributed by atoms with Gasteiger partial charge in [-0.05, 0) is 39.5 Å². The molecule has 3 rings (SSSR count). The Labute approximate surface area is 129 Å². The second-order valence-corrected chi connectivity index (χ2v) is 6.22. The van der Waals surface area contributed by atoms with Crippen molar-refractivity contribution in [2.45, 2.75) is 58.5 Å². The summed E-state index contributed by atoms with van der Waals surface area (Å²) in [5.41, 5.74) is -0.238. The van der Waals surface area contributed by atoms with Gasteiger partial charge in [-0.15, -0.1) is 0 Å². The topological polar surface area (TPSA) is 72.6 Å². The van der Waals surface area contributed by atoms with Gasteiger partial charge in [0, 0.05) is 18.2 Å². The van der Waals surface area contributed by atoms with Crippen LogP contribution in [0.3, 0.4) is 0 Å². The molecule has 0 aromatic carbocycles. The van der Waals surface area contributed by atoms with Gasteiger partial charge in [0.15, 0.2) is 5.69 Å². The fourth-order valence-electron chi connectivity index (χ4n) is 4.11. The Kier molecular flexibility index (Phi) is 3.70. The molecule has 0 radical (unpaired) electrons. The Bertz CT molecular complexity index is 597. The Morgan fingerprint density at radius 1 is 1.45 bits per heavy atom. The second-order valence-electron chi connectivity index (χ2n) is 6.22. The van der Waals surface area contributed by atoms with E-state index < -0.39 is 5.41 Å². The van der Waals surface area contributed by atoms with Gasteiger partial charge in [-0.1, -0.05) is 12.1 Å². The van der Waals surface area contributed by atoms with Gasteiger partial charge in [0.1, 0.15) is 5.76 Å². The van der Waals surface area contributed by atoms with Crippen LogP contribution in [0.5, 0.6) is 0 Å². The van der Waals surface area contributed by atoms with Gasteiger partial charge in [0.2, 0.25) is 0 Å². The van der Waals surface area contributed by atoms with Crippen molar-refractivity contribution >= 4 is 11.9 Å². The Morgan fingerprint density at radius 2 is 2.23 bits per heavy atom. The number of carbonyl (C=O) groups excluding carboxylic acids is 2. The summed E-state index contributed by atoms with van der Waals surface area (Å²) in [6.45, 7) is 5.95. The van der Waals surface area contributed by atoms with Crippen LogP contribution in [0.4, 0.5) is 0 Å². The third kappa shape index (κ3) is 2.04. The first kappa shape index (κ1) is 15.1. The van der Waals surface area contributed by atoms with Gasteiger partial charge >= 0.3 is 5.97 Å².